The van der Waals surface area contributed by atoms with Gasteiger partial charge in [-0.2, -0.15) is 18.3 Å². The number of rotatable bonds is 3. The standard InChI is InChI=1S/C22H26ClF3N4O/c1-13-8-10-14(11-9-13)16-12-17(22(24,25)26)30-20(27-16)18(23)19(28-30)21(31)29(2)15-6-4-3-5-7-15/h8-11,15-17,27H,3-7,12H2,1-2H3/t16-,17+/m0/s1. The zero-order chi connectivity index (χ0) is 22.3. The molecule has 1 aromatic carbocycles. The fraction of sp³-hybridized carbons (Fsp3) is 0.545. The molecule has 4 rings (SSSR count). The maximum atomic E-state index is 13.9. The zero-order valence-electron chi connectivity index (χ0n) is 17.5. The highest BCUT2D eigenvalue weighted by Gasteiger charge is 2.48. The molecule has 1 aromatic heterocycles. The highest BCUT2D eigenvalue weighted by atomic mass is 35.5. The molecule has 2 aliphatic rings. The summed E-state index contributed by atoms with van der Waals surface area (Å²) in [6, 6.07) is 4.94. The van der Waals surface area contributed by atoms with Gasteiger partial charge in [-0.3, -0.25) is 4.79 Å². The van der Waals surface area contributed by atoms with E-state index in [1.54, 1.807) is 11.9 Å². The molecular weight excluding hydrogens is 429 g/mol. The van der Waals surface area contributed by atoms with Gasteiger partial charge in [0.05, 0.1) is 6.04 Å². The number of nitrogens with zero attached hydrogens (tertiary/aromatic N) is 3. The van der Waals surface area contributed by atoms with Gasteiger partial charge in [0, 0.05) is 19.5 Å². The Morgan fingerprint density at radius 3 is 2.45 bits per heavy atom. The second-order valence-corrected chi connectivity index (χ2v) is 8.94. The van der Waals surface area contributed by atoms with Crippen molar-refractivity contribution in [2.75, 3.05) is 12.4 Å². The zero-order valence-corrected chi connectivity index (χ0v) is 18.3. The molecule has 9 heteroatoms. The van der Waals surface area contributed by atoms with Crippen molar-refractivity contribution in [1.82, 2.24) is 14.7 Å². The number of amides is 1. The molecule has 1 aliphatic carbocycles. The first-order chi connectivity index (χ1) is 14.7. The Morgan fingerprint density at radius 1 is 1.19 bits per heavy atom. The average Bonchev–Trinajstić information content (AvgIpc) is 3.09. The van der Waals surface area contributed by atoms with Crippen LogP contribution < -0.4 is 5.32 Å². The highest BCUT2D eigenvalue weighted by molar-refractivity contribution is 6.36. The fourth-order valence-electron chi connectivity index (χ4n) is 4.54. The summed E-state index contributed by atoms with van der Waals surface area (Å²) < 4.78 is 42.7. The van der Waals surface area contributed by atoms with Crippen LogP contribution in [0.25, 0.3) is 0 Å². The number of alkyl halides is 3. The number of anilines is 1. The van der Waals surface area contributed by atoms with E-state index in [1.807, 2.05) is 31.2 Å². The van der Waals surface area contributed by atoms with Crippen molar-refractivity contribution in [1.29, 1.82) is 0 Å². The minimum Gasteiger partial charge on any atom is -0.362 e. The molecule has 1 N–H and O–H groups in total. The van der Waals surface area contributed by atoms with Crippen LogP contribution in [0.5, 0.6) is 0 Å². The van der Waals surface area contributed by atoms with Crippen LogP contribution in [-0.4, -0.2) is 39.9 Å². The van der Waals surface area contributed by atoms with Crippen LogP contribution >= 0.6 is 11.6 Å². The Hall–Kier alpha value is -2.22. The Bertz CT molecular complexity index is 951. The number of benzene rings is 1. The second-order valence-electron chi connectivity index (χ2n) is 8.56. The summed E-state index contributed by atoms with van der Waals surface area (Å²) in [6.45, 7) is 1.92. The Balaban J connectivity index is 1.68. The maximum absolute atomic E-state index is 13.9. The van der Waals surface area contributed by atoms with Crippen molar-refractivity contribution in [3.63, 3.8) is 0 Å². The average molecular weight is 455 g/mol. The summed E-state index contributed by atoms with van der Waals surface area (Å²) in [6.07, 6.45) is 0.208. The number of fused-ring (bicyclic) bond motifs is 1. The first-order valence-electron chi connectivity index (χ1n) is 10.6. The van der Waals surface area contributed by atoms with Gasteiger partial charge in [0.25, 0.3) is 5.91 Å². The quantitative estimate of drug-likeness (QED) is 0.627. The molecule has 0 unspecified atom stereocenters. The van der Waals surface area contributed by atoms with Gasteiger partial charge in [-0.15, -0.1) is 0 Å². The van der Waals surface area contributed by atoms with Gasteiger partial charge in [0.2, 0.25) is 0 Å². The Morgan fingerprint density at radius 2 is 1.84 bits per heavy atom. The first kappa shape index (κ1) is 22.0. The van der Waals surface area contributed by atoms with Crippen molar-refractivity contribution < 1.29 is 18.0 Å². The Kier molecular flexibility index (Phi) is 5.94. The maximum Gasteiger partial charge on any atom is 0.410 e. The molecule has 0 radical (unpaired) electrons. The smallest absolute Gasteiger partial charge is 0.362 e. The van der Waals surface area contributed by atoms with Crippen molar-refractivity contribution >= 4 is 23.3 Å². The molecule has 1 saturated carbocycles. The number of aryl methyl sites for hydroxylation is 1. The summed E-state index contributed by atoms with van der Waals surface area (Å²) in [5.74, 6) is -0.394. The van der Waals surface area contributed by atoms with E-state index in [0.29, 0.717) is 0 Å². The summed E-state index contributed by atoms with van der Waals surface area (Å²) >= 11 is 6.45. The number of carbonyl (C=O) groups excluding carboxylic acids is 1. The third kappa shape index (κ3) is 4.27. The van der Waals surface area contributed by atoms with Gasteiger partial charge < -0.3 is 10.2 Å². The predicted molar refractivity (Wildman–Crippen MR) is 113 cm³/mol. The third-order valence-electron chi connectivity index (χ3n) is 6.42. The molecule has 1 amide bonds. The molecule has 168 valence electrons. The van der Waals surface area contributed by atoms with E-state index in [0.717, 1.165) is 47.9 Å². The van der Waals surface area contributed by atoms with Gasteiger partial charge in [-0.05, 0) is 25.3 Å². The molecule has 0 saturated heterocycles. The Labute approximate surface area is 184 Å². The lowest BCUT2D eigenvalue weighted by Gasteiger charge is -2.33. The highest BCUT2D eigenvalue weighted by Crippen LogP contribution is 2.46. The lowest BCUT2D eigenvalue weighted by Crippen LogP contribution is -2.39. The lowest BCUT2D eigenvalue weighted by atomic mass is 9.94. The third-order valence-corrected chi connectivity index (χ3v) is 6.78. The number of nitrogens with one attached hydrogen (secondary N) is 1. The van der Waals surface area contributed by atoms with E-state index in [2.05, 4.69) is 10.4 Å². The van der Waals surface area contributed by atoms with Crippen LogP contribution in [0.1, 0.15) is 72.2 Å². The first-order valence-corrected chi connectivity index (χ1v) is 11.0. The van der Waals surface area contributed by atoms with Crippen LogP contribution in [0.15, 0.2) is 24.3 Å². The number of hydrogen-bond acceptors (Lipinski definition) is 3. The van der Waals surface area contributed by atoms with Crippen molar-refractivity contribution in [3.8, 4) is 0 Å². The van der Waals surface area contributed by atoms with Crippen LogP contribution in [0.4, 0.5) is 19.0 Å². The van der Waals surface area contributed by atoms with Crippen LogP contribution in [0.3, 0.4) is 0 Å². The van der Waals surface area contributed by atoms with E-state index >= 15 is 0 Å². The van der Waals surface area contributed by atoms with Crippen molar-refractivity contribution in [2.45, 2.75) is 69.8 Å². The molecule has 0 spiro atoms. The number of carbonyl (C=O) groups is 1. The normalized spacial score (nSPS) is 22.0. The SMILES string of the molecule is Cc1ccc([C@@H]2C[C@H](C(F)(F)F)n3nc(C(=O)N(C)C4CCCCC4)c(Cl)c3N2)cc1. The molecule has 1 aliphatic heterocycles. The van der Waals surface area contributed by atoms with Gasteiger partial charge in [0.1, 0.15) is 10.8 Å². The number of halogens is 4. The van der Waals surface area contributed by atoms with E-state index in [9.17, 15) is 18.0 Å². The summed E-state index contributed by atoms with van der Waals surface area (Å²) in [4.78, 5) is 14.7. The second kappa shape index (κ2) is 8.37. The van der Waals surface area contributed by atoms with Gasteiger partial charge in [0.15, 0.2) is 11.7 Å². The molecular formula is C22H26ClF3N4O. The van der Waals surface area contributed by atoms with E-state index in [-0.39, 0.29) is 29.0 Å². The van der Waals surface area contributed by atoms with Crippen LogP contribution in [-0.2, 0) is 0 Å². The summed E-state index contributed by atoms with van der Waals surface area (Å²) in [5, 5.41) is 7.11. The molecule has 2 heterocycles. The monoisotopic (exact) mass is 454 g/mol. The van der Waals surface area contributed by atoms with E-state index in [1.165, 1.54) is 0 Å². The summed E-state index contributed by atoms with van der Waals surface area (Å²) in [7, 11) is 1.68. The molecule has 1 fully saturated rings. The molecule has 2 atom stereocenters. The largest absolute Gasteiger partial charge is 0.410 e. The van der Waals surface area contributed by atoms with Crippen LogP contribution in [0.2, 0.25) is 5.02 Å². The van der Waals surface area contributed by atoms with E-state index < -0.39 is 24.2 Å². The minimum absolute atomic E-state index is 0.0428. The molecule has 5 nitrogen and oxygen atoms in total. The van der Waals surface area contributed by atoms with Gasteiger partial charge in [-0.1, -0.05) is 60.7 Å². The van der Waals surface area contributed by atoms with Crippen LogP contribution in [0, 0.1) is 6.92 Å². The van der Waals surface area contributed by atoms with Gasteiger partial charge >= 0.3 is 6.18 Å². The fourth-order valence-corrected chi connectivity index (χ4v) is 4.80. The lowest BCUT2D eigenvalue weighted by molar-refractivity contribution is -0.173. The topological polar surface area (TPSA) is 50.2 Å². The predicted octanol–water partition coefficient (Wildman–Crippen LogP) is 5.91. The summed E-state index contributed by atoms with van der Waals surface area (Å²) in [5.41, 5.74) is 1.63. The van der Waals surface area contributed by atoms with Crippen molar-refractivity contribution in [3.05, 3.63) is 46.1 Å². The van der Waals surface area contributed by atoms with Gasteiger partial charge in [-0.25, -0.2) is 4.68 Å². The molecule has 0 bridgehead atoms. The van der Waals surface area contributed by atoms with E-state index in [4.69, 9.17) is 11.6 Å². The molecule has 2 aromatic rings. The minimum atomic E-state index is -4.52. The van der Waals surface area contributed by atoms with Crippen molar-refractivity contribution in [2.24, 2.45) is 0 Å². The molecule has 31 heavy (non-hydrogen) atoms. The number of hydrogen-bond donors (Lipinski definition) is 1. The number of aromatic nitrogens is 2.